The maximum Gasteiger partial charge on any atom is 0.211 e. The highest BCUT2D eigenvalue weighted by Crippen LogP contribution is 2.12. The predicted molar refractivity (Wildman–Crippen MR) is 107 cm³/mol. The van der Waals surface area contributed by atoms with Gasteiger partial charge < -0.3 is 23.2 Å². The van der Waals surface area contributed by atoms with E-state index >= 15 is 0 Å². The first kappa shape index (κ1) is 19.7. The van der Waals surface area contributed by atoms with Gasteiger partial charge in [0.15, 0.2) is 33.6 Å². The zero-order valence-electron chi connectivity index (χ0n) is 15.3. The van der Waals surface area contributed by atoms with Gasteiger partial charge in [-0.1, -0.05) is 5.70 Å². The second-order valence-electron chi connectivity index (χ2n) is 8.53. The van der Waals surface area contributed by atoms with Crippen LogP contribution in [0.25, 0.3) is 0 Å². The average Bonchev–Trinajstić information content (AvgIpc) is 2.06. The summed E-state index contributed by atoms with van der Waals surface area (Å²) in [6.07, 6.45) is 0. The molecule has 21 heavy (non-hydrogen) atoms. The van der Waals surface area contributed by atoms with Crippen molar-refractivity contribution in [3.8, 4) is 0 Å². The summed E-state index contributed by atoms with van der Waals surface area (Å²) < 4.78 is 19.9. The van der Waals surface area contributed by atoms with Crippen LogP contribution in [0.2, 0.25) is 58.9 Å². The Kier molecular flexibility index (Phi) is 5.55. The molecule has 0 spiro atoms. The minimum atomic E-state index is -1.86. The molecule has 0 unspecified atom stereocenters. The minimum Gasteiger partial charge on any atom is -0.336 e. The molecule has 0 bridgehead atoms. The van der Waals surface area contributed by atoms with Crippen LogP contribution in [0.1, 0.15) is 0 Å². The second-order valence-corrected chi connectivity index (χ2v) is 29.3. The van der Waals surface area contributed by atoms with Crippen LogP contribution < -0.4 is 23.2 Å². The van der Waals surface area contributed by atoms with Crippen molar-refractivity contribution < 1.29 is 0 Å². The molecule has 1 aliphatic rings. The molecule has 0 aromatic rings. The van der Waals surface area contributed by atoms with Gasteiger partial charge in [-0.05, 0) is 58.9 Å². The molecule has 0 atom stereocenters. The van der Waals surface area contributed by atoms with Crippen LogP contribution in [-0.2, 0) is 0 Å². The van der Waals surface area contributed by atoms with Gasteiger partial charge in [0.05, 0.1) is 0 Å². The molecule has 1 rings (SSSR count). The Bertz CT molecular complexity index is 380. The van der Waals surface area contributed by atoms with Gasteiger partial charge >= 0.3 is 0 Å². The van der Waals surface area contributed by atoms with Crippen LogP contribution in [0.15, 0.2) is 12.3 Å². The third kappa shape index (κ3) is 6.33. The number of hydrogen-bond acceptors (Lipinski definition) is 5. The first-order chi connectivity index (χ1) is 9.10. The molecule has 1 saturated heterocycles. The maximum absolute atomic E-state index is 4.12. The highest BCUT2D eigenvalue weighted by molar-refractivity contribution is 7.06. The molecule has 0 amide bonds. The Balaban J connectivity index is 3.24. The Labute approximate surface area is 136 Å². The molecular formula is C11H35N5Si5. The van der Waals surface area contributed by atoms with Gasteiger partial charge in [-0.3, -0.25) is 0 Å². The SMILES string of the molecule is C=C[Si]1(C)N[Si](C)(C)N[Si](C)(C)N[Si](C)(C)N[Si](C)(C)N1. The fourth-order valence-electron chi connectivity index (χ4n) is 3.90. The molecule has 5 N–H and O–H groups in total. The molecule has 1 aliphatic heterocycles. The van der Waals surface area contributed by atoms with Crippen LogP contribution >= 0.6 is 0 Å². The van der Waals surface area contributed by atoms with E-state index in [0.717, 1.165) is 0 Å². The summed E-state index contributed by atoms with van der Waals surface area (Å²) in [5.74, 6) is 0. The summed E-state index contributed by atoms with van der Waals surface area (Å²) in [6, 6.07) is 0. The van der Waals surface area contributed by atoms with Crippen molar-refractivity contribution >= 4 is 42.0 Å². The molecule has 124 valence electrons. The Hall–Kier alpha value is 0.624. The Morgan fingerprint density at radius 1 is 0.524 bits per heavy atom. The van der Waals surface area contributed by atoms with Gasteiger partial charge in [0.1, 0.15) is 0 Å². The minimum absolute atomic E-state index is 1.66. The lowest BCUT2D eigenvalue weighted by Gasteiger charge is -2.49. The number of hydrogen-bond donors (Lipinski definition) is 5. The summed E-state index contributed by atoms with van der Waals surface area (Å²) in [5.41, 5.74) is 2.15. The van der Waals surface area contributed by atoms with E-state index in [2.05, 4.69) is 94.4 Å². The second kappa shape index (κ2) is 5.92. The predicted octanol–water partition coefficient (Wildman–Crippen LogP) is 1.55. The third-order valence-corrected chi connectivity index (χ3v) is 28.4. The van der Waals surface area contributed by atoms with Crippen molar-refractivity contribution in [1.29, 1.82) is 0 Å². The van der Waals surface area contributed by atoms with Crippen LogP contribution in [0.4, 0.5) is 0 Å². The zero-order valence-corrected chi connectivity index (χ0v) is 20.3. The lowest BCUT2D eigenvalue weighted by Crippen LogP contribution is -2.88. The van der Waals surface area contributed by atoms with Crippen LogP contribution in [-0.4, -0.2) is 42.0 Å². The molecule has 0 radical (unpaired) electrons. The molecule has 10 heteroatoms. The van der Waals surface area contributed by atoms with Crippen LogP contribution in [0.5, 0.6) is 0 Å². The molecule has 0 saturated carbocycles. The summed E-state index contributed by atoms with van der Waals surface area (Å²) in [7, 11) is -8.58. The topological polar surface area (TPSA) is 60.1 Å². The van der Waals surface area contributed by atoms with Gasteiger partial charge in [-0.25, -0.2) is 0 Å². The van der Waals surface area contributed by atoms with Gasteiger partial charge in [-0.15, -0.1) is 6.58 Å². The molecule has 0 aromatic carbocycles. The molecular weight excluding hydrogens is 343 g/mol. The fraction of sp³-hybridized carbons (Fsp3) is 0.818. The Morgan fingerprint density at radius 2 is 0.762 bits per heavy atom. The lowest BCUT2D eigenvalue weighted by molar-refractivity contribution is 1.05. The molecule has 0 aliphatic carbocycles. The fourth-order valence-corrected chi connectivity index (χ4v) is 37.9. The maximum atomic E-state index is 4.12. The quantitative estimate of drug-likeness (QED) is 0.449. The zero-order chi connectivity index (χ0) is 16.7. The standard InChI is InChI=1S/C11H35N5Si5/c1-11-21(10)15-19(6,7)13-17(2,3)12-18(4,5)14-20(8,9)16-21/h11-16H,1H2,2-10H3. The van der Waals surface area contributed by atoms with E-state index in [4.69, 9.17) is 0 Å². The third-order valence-electron chi connectivity index (χ3n) is 3.43. The van der Waals surface area contributed by atoms with Crippen LogP contribution in [0.3, 0.4) is 0 Å². The molecule has 5 nitrogen and oxygen atoms in total. The van der Waals surface area contributed by atoms with Crippen molar-refractivity contribution in [2.75, 3.05) is 0 Å². The van der Waals surface area contributed by atoms with E-state index in [1.807, 2.05) is 0 Å². The summed E-state index contributed by atoms with van der Waals surface area (Å²) >= 11 is 0. The van der Waals surface area contributed by atoms with E-state index in [1.54, 1.807) is 0 Å². The van der Waals surface area contributed by atoms with Gasteiger partial charge in [-0.2, -0.15) is 0 Å². The highest BCUT2D eigenvalue weighted by Gasteiger charge is 2.46. The average molecular weight is 378 g/mol. The monoisotopic (exact) mass is 377 g/mol. The van der Waals surface area contributed by atoms with Gasteiger partial charge in [0.2, 0.25) is 8.40 Å². The Morgan fingerprint density at radius 3 is 1.00 bits per heavy atom. The largest absolute Gasteiger partial charge is 0.336 e. The van der Waals surface area contributed by atoms with Gasteiger partial charge in [0, 0.05) is 0 Å². The first-order valence-corrected chi connectivity index (χ1v) is 22.3. The molecule has 1 fully saturated rings. The number of rotatable bonds is 1. The smallest absolute Gasteiger partial charge is 0.211 e. The van der Waals surface area contributed by atoms with E-state index < -0.39 is 42.0 Å². The van der Waals surface area contributed by atoms with Gasteiger partial charge in [0.25, 0.3) is 0 Å². The highest BCUT2D eigenvalue weighted by atomic mass is 28.5. The summed E-state index contributed by atoms with van der Waals surface area (Å²) in [5, 5.41) is 0. The van der Waals surface area contributed by atoms with Crippen molar-refractivity contribution in [1.82, 2.24) is 23.2 Å². The van der Waals surface area contributed by atoms with Crippen molar-refractivity contribution in [3.63, 3.8) is 0 Å². The van der Waals surface area contributed by atoms with E-state index in [9.17, 15) is 0 Å². The van der Waals surface area contributed by atoms with E-state index in [0.29, 0.717) is 0 Å². The summed E-state index contributed by atoms with van der Waals surface area (Å²) in [6.45, 7) is 25.5. The van der Waals surface area contributed by atoms with Crippen LogP contribution in [0, 0.1) is 0 Å². The molecule has 0 aromatic heterocycles. The summed E-state index contributed by atoms with van der Waals surface area (Å²) in [4.78, 5) is 0. The normalized spacial score (nSPS) is 30.3. The molecule has 1 heterocycles. The van der Waals surface area contributed by atoms with E-state index in [-0.39, 0.29) is 0 Å². The van der Waals surface area contributed by atoms with Crippen molar-refractivity contribution in [2.24, 2.45) is 0 Å². The number of nitrogens with one attached hydrogen (secondary N) is 5. The van der Waals surface area contributed by atoms with E-state index in [1.165, 1.54) is 0 Å². The first-order valence-electron chi connectivity index (χ1n) is 7.70. The van der Waals surface area contributed by atoms with Crippen molar-refractivity contribution in [2.45, 2.75) is 58.9 Å². The lowest BCUT2D eigenvalue weighted by atomic mass is 11.3. The van der Waals surface area contributed by atoms with Crippen molar-refractivity contribution in [3.05, 3.63) is 12.3 Å².